The Morgan fingerprint density at radius 1 is 1.28 bits per heavy atom. The van der Waals surface area contributed by atoms with Crippen molar-refractivity contribution in [1.29, 1.82) is 0 Å². The first kappa shape index (κ1) is 15.6. The largest absolute Gasteiger partial charge is 0.461 e. The summed E-state index contributed by atoms with van der Waals surface area (Å²) in [7, 11) is 0. The lowest BCUT2D eigenvalue weighted by molar-refractivity contribution is -0.0245. The lowest BCUT2D eigenvalue weighted by Crippen LogP contribution is -2.42. The number of benzene rings is 1. The van der Waals surface area contributed by atoms with Crippen molar-refractivity contribution in [2.75, 3.05) is 25.4 Å². The third-order valence-corrected chi connectivity index (χ3v) is 4.30. The van der Waals surface area contributed by atoms with Gasteiger partial charge in [0.15, 0.2) is 0 Å². The average molecular weight is 338 g/mol. The zero-order valence-corrected chi connectivity index (χ0v) is 13.8. The second kappa shape index (κ2) is 6.18. The third kappa shape index (κ3) is 2.94. The van der Waals surface area contributed by atoms with E-state index < -0.39 is 0 Å². The molecule has 1 aliphatic rings. The van der Waals surface area contributed by atoms with Crippen LogP contribution in [0.1, 0.15) is 27.9 Å². The van der Waals surface area contributed by atoms with E-state index in [-0.39, 0.29) is 12.0 Å². The van der Waals surface area contributed by atoms with Crippen LogP contribution in [0.5, 0.6) is 0 Å². The predicted octanol–water partition coefficient (Wildman–Crippen LogP) is 2.33. The normalized spacial score (nSPS) is 17.8. The van der Waals surface area contributed by atoms with Gasteiger partial charge in [-0.2, -0.15) is 0 Å². The highest BCUT2D eigenvalue weighted by atomic mass is 16.5. The Bertz CT molecular complexity index is 937. The van der Waals surface area contributed by atoms with Crippen molar-refractivity contribution in [2.24, 2.45) is 0 Å². The fourth-order valence-corrected chi connectivity index (χ4v) is 3.10. The molecule has 3 heterocycles. The van der Waals surface area contributed by atoms with E-state index in [2.05, 4.69) is 9.97 Å². The Balaban J connectivity index is 1.57. The number of aromatic nitrogens is 2. The van der Waals surface area contributed by atoms with Gasteiger partial charge in [-0.1, -0.05) is 0 Å². The van der Waals surface area contributed by atoms with E-state index in [1.165, 1.54) is 6.20 Å². The van der Waals surface area contributed by atoms with Crippen molar-refractivity contribution < 1.29 is 13.9 Å². The number of hydrogen-bond donors (Lipinski definition) is 1. The topological polar surface area (TPSA) is 94.5 Å². The number of amides is 1. The zero-order chi connectivity index (χ0) is 17.4. The van der Waals surface area contributed by atoms with E-state index >= 15 is 0 Å². The molecule has 7 heteroatoms. The van der Waals surface area contributed by atoms with Gasteiger partial charge >= 0.3 is 0 Å². The van der Waals surface area contributed by atoms with Crippen LogP contribution in [0.3, 0.4) is 0 Å². The van der Waals surface area contributed by atoms with Crippen LogP contribution in [-0.4, -0.2) is 40.5 Å². The number of fused-ring (bicyclic) bond motifs is 1. The molecule has 0 spiro atoms. The van der Waals surface area contributed by atoms with Gasteiger partial charge in [0.2, 0.25) is 0 Å². The maximum atomic E-state index is 12.9. The molecular formula is C18H18N4O3. The summed E-state index contributed by atoms with van der Waals surface area (Å²) in [6.07, 6.45) is 2.74. The molecule has 1 aromatic carbocycles. The van der Waals surface area contributed by atoms with Gasteiger partial charge in [-0.05, 0) is 31.2 Å². The number of nitrogens with zero attached hydrogens (tertiary/aromatic N) is 3. The van der Waals surface area contributed by atoms with Gasteiger partial charge in [0.25, 0.3) is 5.91 Å². The number of carbonyl (C=O) groups is 1. The molecule has 1 aliphatic heterocycles. The number of nitrogens with two attached hydrogens (primary N) is 1. The van der Waals surface area contributed by atoms with Crippen molar-refractivity contribution in [1.82, 2.24) is 14.9 Å². The van der Waals surface area contributed by atoms with E-state index in [0.29, 0.717) is 36.8 Å². The standard InChI is InChI=1S/C18H18N4O3/c1-11-8-13-9-12(2-3-14(13)25-11)18(23)22-6-7-24-15(10-22)16-17(19)21-5-4-20-16/h2-5,8-9,15H,6-7,10H2,1H3,(H2,19,21). The molecule has 1 amide bonds. The SMILES string of the molecule is Cc1cc2cc(C(=O)N3CCOC(c4nccnc4N)C3)ccc2o1. The summed E-state index contributed by atoms with van der Waals surface area (Å²) >= 11 is 0. The number of nitrogen functional groups attached to an aromatic ring is 1. The summed E-state index contributed by atoms with van der Waals surface area (Å²) in [5.74, 6) is 1.11. The highest BCUT2D eigenvalue weighted by Crippen LogP contribution is 2.26. The van der Waals surface area contributed by atoms with Crippen molar-refractivity contribution >= 4 is 22.7 Å². The van der Waals surface area contributed by atoms with Crippen LogP contribution in [0.4, 0.5) is 5.82 Å². The number of furan rings is 1. The molecule has 0 bridgehead atoms. The van der Waals surface area contributed by atoms with Crippen molar-refractivity contribution in [3.8, 4) is 0 Å². The fourth-order valence-electron chi connectivity index (χ4n) is 3.10. The van der Waals surface area contributed by atoms with Gasteiger partial charge in [0, 0.05) is 29.9 Å². The highest BCUT2D eigenvalue weighted by Gasteiger charge is 2.28. The predicted molar refractivity (Wildman–Crippen MR) is 92.0 cm³/mol. The molecule has 1 unspecified atom stereocenters. The second-order valence-corrected chi connectivity index (χ2v) is 6.05. The lowest BCUT2D eigenvalue weighted by Gasteiger charge is -2.32. The van der Waals surface area contributed by atoms with Crippen LogP contribution in [0.15, 0.2) is 41.1 Å². The average Bonchev–Trinajstić information content (AvgIpc) is 3.00. The monoisotopic (exact) mass is 338 g/mol. The Kier molecular flexibility index (Phi) is 3.85. The number of anilines is 1. The Morgan fingerprint density at radius 3 is 2.96 bits per heavy atom. The maximum Gasteiger partial charge on any atom is 0.254 e. The minimum atomic E-state index is -0.369. The van der Waals surface area contributed by atoms with Gasteiger partial charge in [0.1, 0.15) is 29.0 Å². The number of aryl methyl sites for hydroxylation is 1. The minimum Gasteiger partial charge on any atom is -0.461 e. The van der Waals surface area contributed by atoms with Crippen LogP contribution in [0.25, 0.3) is 11.0 Å². The summed E-state index contributed by atoms with van der Waals surface area (Å²) in [6, 6.07) is 7.40. The first-order valence-corrected chi connectivity index (χ1v) is 8.09. The van der Waals surface area contributed by atoms with Crippen molar-refractivity contribution in [2.45, 2.75) is 13.0 Å². The van der Waals surface area contributed by atoms with Crippen molar-refractivity contribution in [3.05, 3.63) is 53.7 Å². The van der Waals surface area contributed by atoms with Crippen LogP contribution in [-0.2, 0) is 4.74 Å². The number of rotatable bonds is 2. The van der Waals surface area contributed by atoms with Crippen LogP contribution >= 0.6 is 0 Å². The molecule has 128 valence electrons. The molecule has 1 saturated heterocycles. The minimum absolute atomic E-state index is 0.0449. The Morgan fingerprint density at radius 2 is 2.12 bits per heavy atom. The van der Waals surface area contributed by atoms with Crippen LogP contribution in [0.2, 0.25) is 0 Å². The highest BCUT2D eigenvalue weighted by molar-refractivity contribution is 5.98. The molecule has 2 N–H and O–H groups in total. The van der Waals surface area contributed by atoms with Gasteiger partial charge in [-0.25, -0.2) is 4.98 Å². The molecule has 0 aliphatic carbocycles. The molecular weight excluding hydrogens is 320 g/mol. The summed E-state index contributed by atoms with van der Waals surface area (Å²) < 4.78 is 11.3. The summed E-state index contributed by atoms with van der Waals surface area (Å²) in [5.41, 5.74) is 7.86. The first-order chi connectivity index (χ1) is 12.1. The molecule has 7 nitrogen and oxygen atoms in total. The summed E-state index contributed by atoms with van der Waals surface area (Å²) in [4.78, 5) is 22.9. The second-order valence-electron chi connectivity index (χ2n) is 6.05. The quantitative estimate of drug-likeness (QED) is 0.770. The van der Waals surface area contributed by atoms with Gasteiger partial charge in [-0.15, -0.1) is 0 Å². The van der Waals surface area contributed by atoms with E-state index in [9.17, 15) is 4.79 Å². The number of carbonyl (C=O) groups excluding carboxylic acids is 1. The molecule has 25 heavy (non-hydrogen) atoms. The van der Waals surface area contributed by atoms with E-state index in [1.807, 2.05) is 25.1 Å². The van der Waals surface area contributed by atoms with Gasteiger partial charge in [-0.3, -0.25) is 9.78 Å². The van der Waals surface area contributed by atoms with E-state index in [0.717, 1.165) is 16.7 Å². The molecule has 0 saturated carbocycles. The van der Waals surface area contributed by atoms with Crippen LogP contribution in [0, 0.1) is 6.92 Å². The number of morpholine rings is 1. The van der Waals surface area contributed by atoms with Crippen molar-refractivity contribution in [3.63, 3.8) is 0 Å². The maximum absolute atomic E-state index is 12.9. The Labute approximate surface area is 144 Å². The third-order valence-electron chi connectivity index (χ3n) is 4.30. The van der Waals surface area contributed by atoms with Gasteiger partial charge in [0.05, 0.1) is 13.2 Å². The fraction of sp³-hybridized carbons (Fsp3) is 0.278. The zero-order valence-electron chi connectivity index (χ0n) is 13.8. The summed E-state index contributed by atoms with van der Waals surface area (Å²) in [6.45, 7) is 3.24. The van der Waals surface area contributed by atoms with E-state index in [1.54, 1.807) is 17.2 Å². The Hall–Kier alpha value is -2.93. The number of hydrogen-bond acceptors (Lipinski definition) is 6. The molecule has 0 radical (unpaired) electrons. The summed E-state index contributed by atoms with van der Waals surface area (Å²) in [5, 5.41) is 0.923. The van der Waals surface area contributed by atoms with Gasteiger partial charge < -0.3 is 19.8 Å². The number of ether oxygens (including phenoxy) is 1. The van der Waals surface area contributed by atoms with E-state index in [4.69, 9.17) is 14.9 Å². The molecule has 1 fully saturated rings. The molecule has 4 rings (SSSR count). The first-order valence-electron chi connectivity index (χ1n) is 8.09. The molecule has 3 aromatic rings. The lowest BCUT2D eigenvalue weighted by atomic mass is 10.1. The molecule has 1 atom stereocenters. The smallest absolute Gasteiger partial charge is 0.254 e. The molecule has 2 aromatic heterocycles. The van der Waals surface area contributed by atoms with Crippen LogP contribution < -0.4 is 5.73 Å².